The summed E-state index contributed by atoms with van der Waals surface area (Å²) in [6.07, 6.45) is 7.97. The fraction of sp³-hybridized carbons (Fsp3) is 0.615. The second-order valence-electron chi connectivity index (χ2n) is 15.9. The first-order chi connectivity index (χ1) is 22.9. The first kappa shape index (κ1) is 33.7. The summed E-state index contributed by atoms with van der Waals surface area (Å²) >= 11 is 6.81. The number of halogens is 2. The van der Waals surface area contributed by atoms with Crippen molar-refractivity contribution in [3.05, 3.63) is 81.1 Å². The van der Waals surface area contributed by atoms with Crippen molar-refractivity contribution < 1.29 is 13.9 Å². The highest BCUT2D eigenvalue weighted by molar-refractivity contribution is 6.31. The molecule has 3 aromatic rings. The first-order valence-corrected chi connectivity index (χ1v) is 18.3. The number of piperidine rings is 1. The summed E-state index contributed by atoms with van der Waals surface area (Å²) < 4.78 is 23.1. The van der Waals surface area contributed by atoms with Crippen LogP contribution in [0.5, 0.6) is 0 Å². The Balaban J connectivity index is 1.14. The molecule has 0 bridgehead atoms. The van der Waals surface area contributed by atoms with Crippen molar-refractivity contribution in [1.29, 1.82) is 0 Å². The van der Waals surface area contributed by atoms with Crippen molar-refractivity contribution >= 4 is 17.5 Å². The van der Waals surface area contributed by atoms with Gasteiger partial charge in [0.15, 0.2) is 0 Å². The Hall–Kier alpha value is -2.81. The lowest BCUT2D eigenvalue weighted by Crippen LogP contribution is -2.47. The molecule has 7 rings (SSSR count). The number of hydrogen-bond donors (Lipinski definition) is 0. The van der Waals surface area contributed by atoms with E-state index in [1.165, 1.54) is 11.1 Å². The van der Waals surface area contributed by atoms with Crippen LogP contribution in [0.2, 0.25) is 5.02 Å². The lowest BCUT2D eigenvalue weighted by molar-refractivity contribution is -0.137. The second-order valence-corrected chi connectivity index (χ2v) is 16.3. The Morgan fingerprint density at radius 3 is 2.46 bits per heavy atom. The van der Waals surface area contributed by atoms with Crippen LogP contribution in [0.25, 0.3) is 0 Å². The number of amides is 1. The van der Waals surface area contributed by atoms with Crippen molar-refractivity contribution in [2.24, 2.45) is 13.0 Å². The minimum atomic E-state index is -0.239. The number of benzene rings is 2. The number of aryl methyl sites for hydroxylation is 3. The molecule has 2 aliphatic carbocycles. The highest BCUT2D eigenvalue weighted by Gasteiger charge is 2.53. The number of carbonyl (C=O) groups is 1. The van der Waals surface area contributed by atoms with Crippen LogP contribution in [0.1, 0.15) is 104 Å². The molecule has 1 spiro atoms. The Kier molecular flexibility index (Phi) is 8.99. The lowest BCUT2D eigenvalue weighted by Gasteiger charge is -2.42. The number of carbonyl (C=O) groups excluding carboxylic acids is 1. The molecule has 0 radical (unpaired) electrons. The van der Waals surface area contributed by atoms with Gasteiger partial charge in [-0.05, 0) is 123 Å². The van der Waals surface area contributed by atoms with Crippen LogP contribution in [-0.4, -0.2) is 75.9 Å². The number of aromatic nitrogens is 3. The highest BCUT2D eigenvalue weighted by atomic mass is 35.5. The smallest absolute Gasteiger partial charge is 0.226 e. The number of fused-ring (bicyclic) bond motifs is 2. The number of likely N-dealkylation sites (tertiary alicyclic amines) is 1. The monoisotopic (exact) mass is 675 g/mol. The topological polar surface area (TPSA) is 63.5 Å². The molecule has 3 heterocycles. The molecule has 48 heavy (non-hydrogen) atoms. The molecule has 1 amide bonds. The SMILES string of the molecule is Cc1ccc([C@@H]2C[C@@H](N(C)C3CCOCC3)C[C@H]2C(=O)N2CCC3(CC2)C[C@H](C(C)(C)c2ncnn2C)c2cc(C)c(Cl)cc23)c(F)c1. The van der Waals surface area contributed by atoms with Gasteiger partial charge in [-0.1, -0.05) is 43.6 Å². The van der Waals surface area contributed by atoms with E-state index in [-0.39, 0.29) is 46.3 Å². The molecule has 3 fully saturated rings. The van der Waals surface area contributed by atoms with Crippen LogP contribution < -0.4 is 0 Å². The van der Waals surface area contributed by atoms with Gasteiger partial charge in [0.25, 0.3) is 0 Å². The summed E-state index contributed by atoms with van der Waals surface area (Å²) in [4.78, 5) is 23.9. The van der Waals surface area contributed by atoms with E-state index in [1.54, 1.807) is 12.4 Å². The molecular formula is C39H51ClFN5O2. The fourth-order valence-electron chi connectivity index (χ4n) is 9.89. The lowest BCUT2D eigenvalue weighted by atomic mass is 9.69. The Bertz CT molecular complexity index is 1670. The van der Waals surface area contributed by atoms with Crippen molar-refractivity contribution in [2.45, 2.75) is 107 Å². The summed E-state index contributed by atoms with van der Waals surface area (Å²) in [6.45, 7) is 11.5. The van der Waals surface area contributed by atoms with Crippen LogP contribution in [0.15, 0.2) is 36.7 Å². The molecule has 4 aliphatic rings. The minimum Gasteiger partial charge on any atom is -0.381 e. The molecule has 1 saturated carbocycles. The maximum Gasteiger partial charge on any atom is 0.226 e. The second kappa shape index (κ2) is 12.8. The van der Waals surface area contributed by atoms with Gasteiger partial charge in [0.05, 0.1) is 0 Å². The standard InChI is InChI=1S/C39H51ClFN5O2/c1-24-7-8-28(35(41)17-24)29-19-27(44(5)26-9-15-48-16-10-26)20-30(29)36(47)46-13-11-39(12-14-46)22-33(31-18-25(2)34(40)21-32(31)39)38(3,4)37-42-23-43-45(37)6/h7-8,17-18,21,23,26-27,29-30,33H,9-16,19-20,22H2,1-6H3/t27-,29+,30-,33+/m1/s1. The molecular weight excluding hydrogens is 625 g/mol. The van der Waals surface area contributed by atoms with Gasteiger partial charge in [-0.2, -0.15) is 5.10 Å². The normalized spacial score (nSPS) is 26.1. The summed E-state index contributed by atoms with van der Waals surface area (Å²) in [5.74, 6) is 0.862. The average molecular weight is 676 g/mol. The summed E-state index contributed by atoms with van der Waals surface area (Å²) in [5.41, 5.74) is 5.08. The molecule has 2 saturated heterocycles. The summed E-state index contributed by atoms with van der Waals surface area (Å²) in [7, 11) is 4.17. The third-order valence-corrected chi connectivity index (χ3v) is 13.2. The quantitative estimate of drug-likeness (QED) is 0.276. The molecule has 2 aliphatic heterocycles. The molecule has 9 heteroatoms. The van der Waals surface area contributed by atoms with Crippen LogP contribution >= 0.6 is 11.6 Å². The van der Waals surface area contributed by atoms with Gasteiger partial charge in [-0.15, -0.1) is 0 Å². The van der Waals surface area contributed by atoms with Gasteiger partial charge in [-0.25, -0.2) is 9.37 Å². The molecule has 2 aromatic carbocycles. The Morgan fingerprint density at radius 2 is 1.79 bits per heavy atom. The maximum atomic E-state index is 15.6. The molecule has 7 nitrogen and oxygen atoms in total. The van der Waals surface area contributed by atoms with Crippen molar-refractivity contribution in [3.8, 4) is 0 Å². The number of nitrogens with zero attached hydrogens (tertiary/aromatic N) is 5. The predicted octanol–water partition coefficient (Wildman–Crippen LogP) is 7.22. The van der Waals surface area contributed by atoms with Crippen LogP contribution in [0.4, 0.5) is 4.39 Å². The summed E-state index contributed by atoms with van der Waals surface area (Å²) in [6, 6.07) is 10.7. The van der Waals surface area contributed by atoms with E-state index in [0.717, 1.165) is 80.1 Å². The van der Waals surface area contributed by atoms with Gasteiger partial charge in [-0.3, -0.25) is 9.48 Å². The van der Waals surface area contributed by atoms with E-state index in [9.17, 15) is 4.79 Å². The first-order valence-electron chi connectivity index (χ1n) is 17.9. The van der Waals surface area contributed by atoms with E-state index in [1.807, 2.05) is 30.8 Å². The van der Waals surface area contributed by atoms with E-state index < -0.39 is 0 Å². The van der Waals surface area contributed by atoms with Gasteiger partial charge < -0.3 is 14.5 Å². The van der Waals surface area contributed by atoms with E-state index in [4.69, 9.17) is 16.3 Å². The van der Waals surface area contributed by atoms with Gasteiger partial charge >= 0.3 is 0 Å². The van der Waals surface area contributed by atoms with Gasteiger partial charge in [0.1, 0.15) is 18.0 Å². The molecule has 258 valence electrons. The van der Waals surface area contributed by atoms with Crippen LogP contribution in [0, 0.1) is 25.6 Å². The number of rotatable bonds is 6. The van der Waals surface area contributed by atoms with Crippen LogP contribution in [-0.2, 0) is 27.4 Å². The molecule has 0 unspecified atom stereocenters. The predicted molar refractivity (Wildman–Crippen MR) is 187 cm³/mol. The average Bonchev–Trinajstić information content (AvgIpc) is 3.79. The van der Waals surface area contributed by atoms with E-state index in [0.29, 0.717) is 24.7 Å². The zero-order valence-electron chi connectivity index (χ0n) is 29.4. The largest absolute Gasteiger partial charge is 0.381 e. The molecule has 0 N–H and O–H groups in total. The molecule has 4 atom stereocenters. The number of hydrogen-bond acceptors (Lipinski definition) is 5. The Morgan fingerprint density at radius 1 is 1.06 bits per heavy atom. The summed E-state index contributed by atoms with van der Waals surface area (Å²) in [5, 5.41) is 5.20. The number of ether oxygens (including phenoxy) is 1. The maximum absolute atomic E-state index is 15.6. The zero-order chi connectivity index (χ0) is 34.0. The third kappa shape index (κ3) is 5.79. The third-order valence-electron chi connectivity index (χ3n) is 12.8. The zero-order valence-corrected chi connectivity index (χ0v) is 30.2. The fourth-order valence-corrected chi connectivity index (χ4v) is 10.1. The molecule has 1 aromatic heterocycles. The van der Waals surface area contributed by atoms with Crippen molar-refractivity contribution in [2.75, 3.05) is 33.4 Å². The van der Waals surface area contributed by atoms with E-state index in [2.05, 4.69) is 59.8 Å². The van der Waals surface area contributed by atoms with Gasteiger partial charge in [0, 0.05) is 61.8 Å². The van der Waals surface area contributed by atoms with E-state index >= 15 is 4.39 Å². The minimum absolute atomic E-state index is 0.0616. The van der Waals surface area contributed by atoms with Crippen LogP contribution in [0.3, 0.4) is 0 Å². The van der Waals surface area contributed by atoms with Crippen molar-refractivity contribution in [3.63, 3.8) is 0 Å². The van der Waals surface area contributed by atoms with Gasteiger partial charge in [0.2, 0.25) is 5.91 Å². The Labute approximate surface area is 290 Å². The van der Waals surface area contributed by atoms with Crippen molar-refractivity contribution in [1.82, 2.24) is 24.6 Å². The highest BCUT2D eigenvalue weighted by Crippen LogP contribution is 2.58.